The predicted molar refractivity (Wildman–Crippen MR) is 103 cm³/mol. The number of carbonyl (C=O) groups is 2. The number of nitrogens with zero attached hydrogens (tertiary/aromatic N) is 3. The maximum atomic E-state index is 13.2. The molecule has 28 heavy (non-hydrogen) atoms. The van der Waals surface area contributed by atoms with E-state index in [2.05, 4.69) is 9.88 Å². The van der Waals surface area contributed by atoms with E-state index in [1.165, 1.54) is 12.1 Å². The van der Waals surface area contributed by atoms with Gasteiger partial charge in [0.25, 0.3) is 5.91 Å². The minimum Gasteiger partial charge on any atom is -0.455 e. The average molecular weight is 385 g/mol. The number of carbonyl (C=O) groups excluding carboxylic acids is 2. The van der Waals surface area contributed by atoms with Gasteiger partial charge >= 0.3 is 5.97 Å². The number of aromatic nitrogens is 1. The zero-order valence-electron chi connectivity index (χ0n) is 15.9. The van der Waals surface area contributed by atoms with Gasteiger partial charge in [0.15, 0.2) is 6.61 Å². The molecule has 1 atom stereocenters. The monoisotopic (exact) mass is 385 g/mol. The van der Waals surface area contributed by atoms with Gasteiger partial charge in [0.1, 0.15) is 11.6 Å². The van der Waals surface area contributed by atoms with E-state index >= 15 is 0 Å². The summed E-state index contributed by atoms with van der Waals surface area (Å²) in [6.45, 7) is 3.94. The van der Waals surface area contributed by atoms with Crippen LogP contribution in [0.1, 0.15) is 12.5 Å². The van der Waals surface area contributed by atoms with Crippen LogP contribution < -0.4 is 4.90 Å². The molecule has 2 aromatic rings. The lowest BCUT2D eigenvalue weighted by molar-refractivity contribution is -0.155. The van der Waals surface area contributed by atoms with Crippen molar-refractivity contribution in [3.8, 4) is 0 Å². The van der Waals surface area contributed by atoms with Gasteiger partial charge in [-0.25, -0.2) is 9.37 Å². The molecule has 0 bridgehead atoms. The van der Waals surface area contributed by atoms with Crippen molar-refractivity contribution >= 4 is 17.7 Å². The summed E-state index contributed by atoms with van der Waals surface area (Å²) in [6, 6.07) is 11.9. The molecule has 0 aliphatic carbocycles. The normalized spacial score (nSPS) is 15.2. The van der Waals surface area contributed by atoms with Gasteiger partial charge < -0.3 is 14.5 Å². The molecule has 1 aliphatic rings. The van der Waals surface area contributed by atoms with Crippen LogP contribution in [0.15, 0.2) is 48.7 Å². The molecule has 1 aromatic carbocycles. The third-order valence-corrected chi connectivity index (χ3v) is 4.78. The van der Waals surface area contributed by atoms with Gasteiger partial charge in [-0.05, 0) is 36.2 Å². The molecular weight excluding hydrogens is 361 g/mol. The summed E-state index contributed by atoms with van der Waals surface area (Å²) in [6.07, 6.45) is 2.12. The Balaban J connectivity index is 1.42. The Morgan fingerprint density at radius 1 is 1.14 bits per heavy atom. The molecule has 0 spiro atoms. The minimum absolute atomic E-state index is 0.202. The summed E-state index contributed by atoms with van der Waals surface area (Å²) in [5.41, 5.74) is 0.724. The van der Waals surface area contributed by atoms with E-state index < -0.39 is 11.9 Å². The van der Waals surface area contributed by atoms with Gasteiger partial charge in [0.2, 0.25) is 0 Å². The molecule has 6 nitrogen and oxygen atoms in total. The number of piperazine rings is 1. The first-order valence-electron chi connectivity index (χ1n) is 9.38. The van der Waals surface area contributed by atoms with Crippen molar-refractivity contribution in [3.05, 3.63) is 60.0 Å². The van der Waals surface area contributed by atoms with Crippen LogP contribution in [0.25, 0.3) is 0 Å². The molecule has 0 radical (unpaired) electrons. The number of hydrogen-bond donors (Lipinski definition) is 0. The Kier molecular flexibility index (Phi) is 6.57. The highest BCUT2D eigenvalue weighted by Gasteiger charge is 2.23. The number of rotatable bonds is 6. The van der Waals surface area contributed by atoms with Crippen molar-refractivity contribution in [1.29, 1.82) is 0 Å². The van der Waals surface area contributed by atoms with E-state index in [0.717, 1.165) is 11.4 Å². The molecule has 1 unspecified atom stereocenters. The SMILES string of the molecule is CC(Cc1cccc(F)c1)C(=O)OCC(=O)N1CCN(c2ccccn2)CC1. The zero-order valence-corrected chi connectivity index (χ0v) is 15.9. The first-order valence-corrected chi connectivity index (χ1v) is 9.38. The topological polar surface area (TPSA) is 62.7 Å². The first-order chi connectivity index (χ1) is 13.5. The highest BCUT2D eigenvalue weighted by atomic mass is 19.1. The van der Waals surface area contributed by atoms with Crippen LogP contribution in [0.2, 0.25) is 0 Å². The Labute approximate surface area is 163 Å². The minimum atomic E-state index is -0.454. The van der Waals surface area contributed by atoms with Crippen molar-refractivity contribution in [2.24, 2.45) is 5.92 Å². The van der Waals surface area contributed by atoms with Gasteiger partial charge in [-0.15, -0.1) is 0 Å². The van der Waals surface area contributed by atoms with E-state index in [1.807, 2.05) is 18.2 Å². The summed E-state index contributed by atoms with van der Waals surface area (Å²) in [5.74, 6) is -0.544. The van der Waals surface area contributed by atoms with Crippen molar-refractivity contribution in [2.75, 3.05) is 37.7 Å². The number of halogens is 1. The van der Waals surface area contributed by atoms with Crippen molar-refractivity contribution in [3.63, 3.8) is 0 Å². The molecule has 0 saturated carbocycles. The second-order valence-electron chi connectivity index (χ2n) is 6.90. The van der Waals surface area contributed by atoms with Gasteiger partial charge in [0, 0.05) is 32.4 Å². The summed E-state index contributed by atoms with van der Waals surface area (Å²) in [7, 11) is 0. The standard InChI is InChI=1S/C21H24FN3O3/c1-16(13-17-5-4-6-18(22)14-17)21(27)28-15-20(26)25-11-9-24(10-12-25)19-7-2-3-8-23-19/h2-8,14,16H,9-13,15H2,1H3. The smallest absolute Gasteiger partial charge is 0.309 e. The van der Waals surface area contributed by atoms with E-state index in [0.29, 0.717) is 32.6 Å². The average Bonchev–Trinajstić information content (AvgIpc) is 2.72. The number of pyridine rings is 1. The fourth-order valence-electron chi connectivity index (χ4n) is 3.19. The molecule has 3 rings (SSSR count). The second-order valence-corrected chi connectivity index (χ2v) is 6.90. The predicted octanol–water partition coefficient (Wildman–Crippen LogP) is 2.29. The van der Waals surface area contributed by atoms with Gasteiger partial charge in [-0.3, -0.25) is 9.59 Å². The van der Waals surface area contributed by atoms with Gasteiger partial charge in [-0.1, -0.05) is 25.1 Å². The fourth-order valence-corrected chi connectivity index (χ4v) is 3.19. The van der Waals surface area contributed by atoms with Crippen LogP contribution in [0.3, 0.4) is 0 Å². The third-order valence-electron chi connectivity index (χ3n) is 4.78. The molecule has 1 aromatic heterocycles. The quantitative estimate of drug-likeness (QED) is 0.714. The number of ether oxygens (including phenoxy) is 1. The van der Waals surface area contributed by atoms with Crippen LogP contribution >= 0.6 is 0 Å². The number of amides is 1. The van der Waals surface area contributed by atoms with E-state index in [9.17, 15) is 14.0 Å². The van der Waals surface area contributed by atoms with E-state index in [1.54, 1.807) is 30.2 Å². The largest absolute Gasteiger partial charge is 0.455 e. The van der Waals surface area contributed by atoms with E-state index in [4.69, 9.17) is 4.74 Å². The highest BCUT2D eigenvalue weighted by molar-refractivity contribution is 5.81. The van der Waals surface area contributed by atoms with Crippen molar-refractivity contribution < 1.29 is 18.7 Å². The first kappa shape index (κ1) is 19.8. The molecule has 1 amide bonds. The molecule has 1 saturated heterocycles. The molecule has 1 aliphatic heterocycles. The van der Waals surface area contributed by atoms with Crippen LogP contribution in [0.4, 0.5) is 10.2 Å². The molecular formula is C21H24FN3O3. The maximum Gasteiger partial charge on any atom is 0.309 e. The zero-order chi connectivity index (χ0) is 19.9. The Morgan fingerprint density at radius 2 is 1.93 bits per heavy atom. The summed E-state index contributed by atoms with van der Waals surface area (Å²) >= 11 is 0. The lowest BCUT2D eigenvalue weighted by atomic mass is 10.0. The van der Waals surface area contributed by atoms with Crippen molar-refractivity contribution in [1.82, 2.24) is 9.88 Å². The Bertz CT molecular complexity index is 808. The van der Waals surface area contributed by atoms with E-state index in [-0.39, 0.29) is 18.3 Å². The molecule has 0 N–H and O–H groups in total. The van der Waals surface area contributed by atoms with Crippen LogP contribution in [0, 0.1) is 11.7 Å². The van der Waals surface area contributed by atoms with Crippen molar-refractivity contribution in [2.45, 2.75) is 13.3 Å². The second kappa shape index (κ2) is 9.30. The fraction of sp³-hybridized carbons (Fsp3) is 0.381. The highest BCUT2D eigenvalue weighted by Crippen LogP contribution is 2.14. The molecule has 2 heterocycles. The Morgan fingerprint density at radius 3 is 2.61 bits per heavy atom. The van der Waals surface area contributed by atoms with Crippen LogP contribution in [-0.4, -0.2) is 54.5 Å². The number of esters is 1. The third kappa shape index (κ3) is 5.28. The number of hydrogen-bond acceptors (Lipinski definition) is 5. The Hall–Kier alpha value is -2.96. The number of anilines is 1. The maximum absolute atomic E-state index is 13.2. The van der Waals surface area contributed by atoms with Gasteiger partial charge in [-0.2, -0.15) is 0 Å². The molecule has 148 valence electrons. The lowest BCUT2D eigenvalue weighted by Gasteiger charge is -2.35. The summed E-state index contributed by atoms with van der Waals surface area (Å²) < 4.78 is 18.4. The van der Waals surface area contributed by atoms with Crippen LogP contribution in [0.5, 0.6) is 0 Å². The molecule has 7 heteroatoms. The van der Waals surface area contributed by atoms with Gasteiger partial charge in [0.05, 0.1) is 5.92 Å². The molecule has 1 fully saturated rings. The summed E-state index contributed by atoms with van der Waals surface area (Å²) in [4.78, 5) is 32.6. The summed E-state index contributed by atoms with van der Waals surface area (Å²) in [5, 5.41) is 0. The number of benzene rings is 1. The lowest BCUT2D eigenvalue weighted by Crippen LogP contribution is -2.50. The van der Waals surface area contributed by atoms with Crippen LogP contribution in [-0.2, 0) is 20.7 Å².